The number of oxime groups is 1. The van der Waals surface area contributed by atoms with Crippen molar-refractivity contribution in [3.63, 3.8) is 0 Å². The summed E-state index contributed by atoms with van der Waals surface area (Å²) in [4.78, 5) is 13.1. The van der Waals surface area contributed by atoms with E-state index in [4.69, 9.17) is 9.57 Å². The largest absolute Gasteiger partial charge is 0.573 e. The van der Waals surface area contributed by atoms with Gasteiger partial charge >= 0.3 is 6.36 Å². The van der Waals surface area contributed by atoms with Crippen LogP contribution in [0.25, 0.3) is 0 Å². The first kappa shape index (κ1) is 16.0. The van der Waals surface area contributed by atoms with Crippen LogP contribution in [0.3, 0.4) is 0 Å². The van der Waals surface area contributed by atoms with Crippen molar-refractivity contribution in [1.82, 2.24) is 9.97 Å². The summed E-state index contributed by atoms with van der Waals surface area (Å²) in [5.41, 5.74) is -0.203. The molecule has 0 saturated heterocycles. The number of hydrogen-bond donors (Lipinski definition) is 0. The molecule has 1 atom stereocenters. The van der Waals surface area contributed by atoms with E-state index >= 15 is 0 Å². The van der Waals surface area contributed by atoms with Crippen LogP contribution in [-0.4, -0.2) is 22.2 Å². The number of alkyl halides is 3. The molecule has 0 N–H and O–H groups in total. The lowest BCUT2D eigenvalue weighted by atomic mass is 9.93. The lowest BCUT2D eigenvalue weighted by molar-refractivity contribution is -0.274. The Balaban J connectivity index is 1.67. The Kier molecular flexibility index (Phi) is 4.00. The van der Waals surface area contributed by atoms with Crippen molar-refractivity contribution < 1.29 is 27.5 Å². The summed E-state index contributed by atoms with van der Waals surface area (Å²) in [6, 6.07) is 5.43. The maximum absolute atomic E-state index is 12.2. The van der Waals surface area contributed by atoms with Gasteiger partial charge in [-0.05, 0) is 24.6 Å². The molecule has 1 aliphatic rings. The van der Waals surface area contributed by atoms with E-state index < -0.39 is 12.0 Å². The highest BCUT2D eigenvalue weighted by Gasteiger charge is 2.38. The number of benzene rings is 1. The summed E-state index contributed by atoms with van der Waals surface area (Å²) in [6.07, 6.45) is -0.0874. The van der Waals surface area contributed by atoms with Crippen molar-refractivity contribution in [2.45, 2.75) is 25.3 Å². The van der Waals surface area contributed by atoms with Crippen molar-refractivity contribution in [2.24, 2.45) is 5.16 Å². The average molecular weight is 339 g/mol. The molecule has 3 rings (SSSR count). The average Bonchev–Trinajstić information content (AvgIpc) is 2.90. The quantitative estimate of drug-likeness (QED) is 0.857. The van der Waals surface area contributed by atoms with Crippen LogP contribution in [0.4, 0.5) is 13.2 Å². The van der Waals surface area contributed by atoms with Crippen LogP contribution in [-0.2, 0) is 10.4 Å². The molecule has 0 amide bonds. The number of nitrogens with zero attached hydrogens (tertiary/aromatic N) is 3. The van der Waals surface area contributed by atoms with E-state index in [-0.39, 0.29) is 5.75 Å². The first-order valence-electron chi connectivity index (χ1n) is 6.88. The van der Waals surface area contributed by atoms with Gasteiger partial charge in [0, 0.05) is 0 Å². The Morgan fingerprint density at radius 1 is 1.08 bits per heavy atom. The van der Waals surface area contributed by atoms with Gasteiger partial charge in [0.25, 0.3) is 0 Å². The van der Waals surface area contributed by atoms with E-state index in [0.717, 1.165) is 0 Å². The van der Waals surface area contributed by atoms with E-state index in [9.17, 15) is 13.2 Å². The predicted molar refractivity (Wildman–Crippen MR) is 76.3 cm³/mol. The van der Waals surface area contributed by atoms with Gasteiger partial charge in [0.15, 0.2) is 11.4 Å². The van der Waals surface area contributed by atoms with E-state index in [1.807, 2.05) is 0 Å². The summed E-state index contributed by atoms with van der Waals surface area (Å²) in [5, 5.41) is 3.87. The fraction of sp³-hybridized carbons (Fsp3) is 0.267. The monoisotopic (exact) mass is 339 g/mol. The topological polar surface area (TPSA) is 65.8 Å². The molecule has 1 aromatic heterocycles. The van der Waals surface area contributed by atoms with E-state index in [1.54, 1.807) is 6.92 Å². The first-order valence-corrected chi connectivity index (χ1v) is 6.88. The minimum absolute atomic E-state index is 0.299. The molecule has 0 spiro atoms. The zero-order valence-electron chi connectivity index (χ0n) is 12.4. The molecule has 126 valence electrons. The van der Waals surface area contributed by atoms with Crippen LogP contribution in [0.5, 0.6) is 11.5 Å². The highest BCUT2D eigenvalue weighted by Crippen LogP contribution is 2.36. The normalized spacial score (nSPS) is 20.2. The Hall–Kier alpha value is -2.84. The summed E-state index contributed by atoms with van der Waals surface area (Å²) in [6.45, 7) is 1.76. The molecule has 0 radical (unpaired) electrons. The Morgan fingerprint density at radius 3 is 2.38 bits per heavy atom. The molecule has 0 saturated carbocycles. The van der Waals surface area contributed by atoms with Crippen LogP contribution < -0.4 is 9.47 Å². The second kappa shape index (κ2) is 5.99. The van der Waals surface area contributed by atoms with E-state index in [0.29, 0.717) is 23.6 Å². The van der Waals surface area contributed by atoms with Gasteiger partial charge in [-0.2, -0.15) is 0 Å². The lowest BCUT2D eigenvalue weighted by Gasteiger charge is -2.21. The van der Waals surface area contributed by atoms with Crippen LogP contribution >= 0.6 is 0 Å². The van der Waals surface area contributed by atoms with Crippen molar-refractivity contribution in [3.8, 4) is 11.5 Å². The van der Waals surface area contributed by atoms with Crippen LogP contribution in [0.15, 0.2) is 48.1 Å². The molecule has 6 nitrogen and oxygen atoms in total. The SMILES string of the molecule is C[C@]1(c2ccc(OC(F)(F)F)cc2)CC(Oc2cncnc2)=NO1. The van der Waals surface area contributed by atoms with E-state index in [1.165, 1.54) is 43.0 Å². The van der Waals surface area contributed by atoms with Crippen molar-refractivity contribution >= 4 is 5.90 Å². The van der Waals surface area contributed by atoms with Gasteiger partial charge in [-0.3, -0.25) is 0 Å². The minimum atomic E-state index is -4.73. The van der Waals surface area contributed by atoms with Crippen LogP contribution in [0.2, 0.25) is 0 Å². The van der Waals surface area contributed by atoms with Crippen molar-refractivity contribution in [1.29, 1.82) is 0 Å². The molecule has 0 unspecified atom stereocenters. The highest BCUT2D eigenvalue weighted by atomic mass is 19.4. The summed E-state index contributed by atoms with van der Waals surface area (Å²) in [5.74, 6) is 0.438. The smallest absolute Gasteiger partial charge is 0.436 e. The van der Waals surface area contributed by atoms with Gasteiger partial charge in [-0.1, -0.05) is 17.3 Å². The fourth-order valence-electron chi connectivity index (χ4n) is 2.20. The maximum atomic E-state index is 12.2. The van der Waals surface area contributed by atoms with Gasteiger partial charge in [0.05, 0.1) is 18.8 Å². The third kappa shape index (κ3) is 3.73. The van der Waals surface area contributed by atoms with Crippen LogP contribution in [0, 0.1) is 0 Å². The van der Waals surface area contributed by atoms with Crippen molar-refractivity contribution in [2.75, 3.05) is 0 Å². The number of ether oxygens (including phenoxy) is 2. The standard InChI is InChI=1S/C15H12F3N3O3/c1-14(10-2-4-11(5-3-10)23-15(16,17)18)6-13(21-24-14)22-12-7-19-9-20-8-12/h2-5,7-9H,6H2,1H3/t14-/m1/s1. The van der Waals surface area contributed by atoms with Gasteiger partial charge in [0.2, 0.25) is 5.90 Å². The van der Waals surface area contributed by atoms with Gasteiger partial charge in [-0.25, -0.2) is 9.97 Å². The molecule has 2 aromatic rings. The molecule has 0 fully saturated rings. The molecular weight excluding hydrogens is 327 g/mol. The second-order valence-corrected chi connectivity index (χ2v) is 5.23. The fourth-order valence-corrected chi connectivity index (χ4v) is 2.20. The Labute approximate surface area is 134 Å². The molecular formula is C15H12F3N3O3. The first-order chi connectivity index (χ1) is 11.3. The lowest BCUT2D eigenvalue weighted by Crippen LogP contribution is -2.23. The summed E-state index contributed by atoms with van der Waals surface area (Å²) >= 11 is 0. The van der Waals surface area contributed by atoms with Crippen LogP contribution in [0.1, 0.15) is 18.9 Å². The predicted octanol–water partition coefficient (Wildman–Crippen LogP) is 3.40. The number of aromatic nitrogens is 2. The summed E-state index contributed by atoms with van der Waals surface area (Å²) < 4.78 is 45.9. The van der Waals surface area contributed by atoms with Crippen molar-refractivity contribution in [3.05, 3.63) is 48.5 Å². The molecule has 0 aliphatic carbocycles. The Bertz CT molecular complexity index is 735. The minimum Gasteiger partial charge on any atom is -0.436 e. The molecule has 1 aliphatic heterocycles. The van der Waals surface area contributed by atoms with Gasteiger partial charge in [0.1, 0.15) is 12.1 Å². The van der Waals surface area contributed by atoms with Gasteiger partial charge in [-0.15, -0.1) is 13.2 Å². The van der Waals surface area contributed by atoms with E-state index in [2.05, 4.69) is 19.9 Å². The number of halogens is 3. The highest BCUT2D eigenvalue weighted by molar-refractivity contribution is 5.80. The summed E-state index contributed by atoms with van der Waals surface area (Å²) in [7, 11) is 0. The molecule has 9 heteroatoms. The van der Waals surface area contributed by atoms with Gasteiger partial charge < -0.3 is 14.3 Å². The third-order valence-electron chi connectivity index (χ3n) is 3.31. The molecule has 24 heavy (non-hydrogen) atoms. The number of rotatable bonds is 3. The zero-order valence-corrected chi connectivity index (χ0v) is 12.4. The maximum Gasteiger partial charge on any atom is 0.573 e. The molecule has 2 heterocycles. The molecule has 1 aromatic carbocycles. The second-order valence-electron chi connectivity index (χ2n) is 5.23. The Morgan fingerprint density at radius 2 is 1.75 bits per heavy atom. The number of hydrogen-bond acceptors (Lipinski definition) is 6. The molecule has 0 bridgehead atoms. The third-order valence-corrected chi connectivity index (χ3v) is 3.31. The zero-order chi connectivity index (χ0) is 17.2.